The molecule has 24 heavy (non-hydrogen) atoms. The standard InChI is InChI=1S/C20H27N3O/c1-15-14-18(16-8-5-6-9-17(16)21-15)22-10-7-11-23(13-12-22)19(24)20(2,3)4/h5-6,8-9,14H,7,10-13H2,1-4H3. The molecule has 0 saturated carbocycles. The highest BCUT2D eigenvalue weighted by molar-refractivity contribution is 5.92. The van der Waals surface area contributed by atoms with E-state index >= 15 is 0 Å². The van der Waals surface area contributed by atoms with Crippen LogP contribution in [0, 0.1) is 12.3 Å². The zero-order valence-corrected chi connectivity index (χ0v) is 15.2. The predicted molar refractivity (Wildman–Crippen MR) is 99.3 cm³/mol. The summed E-state index contributed by atoms with van der Waals surface area (Å²) in [5.41, 5.74) is 3.01. The predicted octanol–water partition coefficient (Wildman–Crippen LogP) is 3.63. The fourth-order valence-electron chi connectivity index (χ4n) is 3.38. The van der Waals surface area contributed by atoms with Gasteiger partial charge >= 0.3 is 0 Å². The summed E-state index contributed by atoms with van der Waals surface area (Å²) in [6.07, 6.45) is 0.998. The molecule has 0 atom stereocenters. The van der Waals surface area contributed by atoms with Crippen LogP contribution < -0.4 is 4.90 Å². The number of hydrogen-bond acceptors (Lipinski definition) is 3. The van der Waals surface area contributed by atoms with Crippen molar-refractivity contribution in [3.63, 3.8) is 0 Å². The molecule has 2 heterocycles. The smallest absolute Gasteiger partial charge is 0.228 e. The summed E-state index contributed by atoms with van der Waals surface area (Å²) < 4.78 is 0. The highest BCUT2D eigenvalue weighted by Gasteiger charge is 2.28. The Balaban J connectivity index is 1.86. The van der Waals surface area contributed by atoms with Crippen LogP contribution in [0.4, 0.5) is 5.69 Å². The summed E-state index contributed by atoms with van der Waals surface area (Å²) in [6.45, 7) is 11.5. The van der Waals surface area contributed by atoms with E-state index in [9.17, 15) is 4.79 Å². The van der Waals surface area contributed by atoms with Gasteiger partial charge in [-0.15, -0.1) is 0 Å². The van der Waals surface area contributed by atoms with Gasteiger partial charge in [-0.2, -0.15) is 0 Å². The minimum absolute atomic E-state index is 0.250. The molecule has 1 fully saturated rings. The maximum Gasteiger partial charge on any atom is 0.228 e. The van der Waals surface area contributed by atoms with E-state index in [4.69, 9.17) is 0 Å². The lowest BCUT2D eigenvalue weighted by molar-refractivity contribution is -0.139. The van der Waals surface area contributed by atoms with Crippen LogP contribution >= 0.6 is 0 Å². The quantitative estimate of drug-likeness (QED) is 0.803. The first kappa shape index (κ1) is 16.7. The van der Waals surface area contributed by atoms with Gasteiger partial charge in [-0.1, -0.05) is 39.0 Å². The zero-order valence-electron chi connectivity index (χ0n) is 15.2. The molecule has 128 valence electrons. The maximum atomic E-state index is 12.6. The van der Waals surface area contributed by atoms with Crippen LogP contribution in [0.3, 0.4) is 0 Å². The molecule has 1 amide bonds. The monoisotopic (exact) mass is 325 g/mol. The van der Waals surface area contributed by atoms with Crippen molar-refractivity contribution in [1.82, 2.24) is 9.88 Å². The number of pyridine rings is 1. The van der Waals surface area contributed by atoms with E-state index in [1.54, 1.807) is 0 Å². The van der Waals surface area contributed by atoms with E-state index < -0.39 is 0 Å². The Morgan fingerprint density at radius 3 is 2.58 bits per heavy atom. The highest BCUT2D eigenvalue weighted by atomic mass is 16.2. The van der Waals surface area contributed by atoms with Crippen molar-refractivity contribution in [2.24, 2.45) is 5.41 Å². The number of benzene rings is 1. The molecular weight excluding hydrogens is 298 g/mol. The topological polar surface area (TPSA) is 36.4 Å². The zero-order chi connectivity index (χ0) is 17.3. The number of nitrogens with zero attached hydrogens (tertiary/aromatic N) is 3. The van der Waals surface area contributed by atoms with E-state index in [-0.39, 0.29) is 11.3 Å². The van der Waals surface area contributed by atoms with E-state index in [0.717, 1.165) is 43.8 Å². The van der Waals surface area contributed by atoms with Gasteiger partial charge in [0.1, 0.15) is 0 Å². The van der Waals surface area contributed by atoms with E-state index in [1.807, 2.05) is 38.7 Å². The Labute approximate surface area is 144 Å². The fraction of sp³-hybridized carbons (Fsp3) is 0.500. The molecule has 1 aliphatic heterocycles. The number of rotatable bonds is 1. The Morgan fingerprint density at radius 2 is 1.83 bits per heavy atom. The largest absolute Gasteiger partial charge is 0.369 e. The fourth-order valence-corrected chi connectivity index (χ4v) is 3.38. The minimum atomic E-state index is -0.310. The lowest BCUT2D eigenvalue weighted by atomic mass is 9.94. The molecule has 0 radical (unpaired) electrons. The molecule has 1 aliphatic rings. The van der Waals surface area contributed by atoms with Crippen LogP contribution in [-0.4, -0.2) is 42.0 Å². The van der Waals surface area contributed by atoms with Crippen LogP contribution in [0.1, 0.15) is 32.9 Å². The van der Waals surface area contributed by atoms with Gasteiger partial charge in [0.25, 0.3) is 0 Å². The number of para-hydroxylation sites is 1. The number of amides is 1. The molecule has 1 aromatic heterocycles. The summed E-state index contributed by atoms with van der Waals surface area (Å²) in [5, 5.41) is 1.19. The second kappa shape index (κ2) is 6.42. The number of carbonyl (C=O) groups is 1. The molecule has 0 aliphatic carbocycles. The third-order valence-electron chi connectivity index (χ3n) is 4.59. The van der Waals surface area contributed by atoms with Crippen LogP contribution in [0.25, 0.3) is 10.9 Å². The normalized spacial score (nSPS) is 16.3. The number of hydrogen-bond donors (Lipinski definition) is 0. The summed E-state index contributed by atoms with van der Waals surface area (Å²) >= 11 is 0. The van der Waals surface area contributed by atoms with Gasteiger partial charge in [0, 0.05) is 48.4 Å². The Morgan fingerprint density at radius 1 is 1.08 bits per heavy atom. The first-order chi connectivity index (χ1) is 11.4. The van der Waals surface area contributed by atoms with Crippen molar-refractivity contribution < 1.29 is 4.79 Å². The molecule has 1 aromatic carbocycles. The molecule has 4 heteroatoms. The summed E-state index contributed by atoms with van der Waals surface area (Å²) in [4.78, 5) is 21.7. The van der Waals surface area contributed by atoms with Gasteiger partial charge < -0.3 is 9.80 Å². The Bertz CT molecular complexity index is 748. The maximum absolute atomic E-state index is 12.6. The average Bonchev–Trinajstić information content (AvgIpc) is 2.78. The lowest BCUT2D eigenvalue weighted by Crippen LogP contribution is -2.41. The SMILES string of the molecule is Cc1cc(N2CCCN(C(=O)C(C)(C)C)CC2)c2ccccc2n1. The molecule has 0 bridgehead atoms. The third kappa shape index (κ3) is 3.37. The molecule has 2 aromatic rings. The van der Waals surface area contributed by atoms with Crippen molar-refractivity contribution in [2.75, 3.05) is 31.1 Å². The molecule has 1 saturated heterocycles. The van der Waals surface area contributed by atoms with E-state index in [1.165, 1.54) is 11.1 Å². The van der Waals surface area contributed by atoms with Crippen molar-refractivity contribution >= 4 is 22.5 Å². The van der Waals surface area contributed by atoms with Crippen molar-refractivity contribution in [1.29, 1.82) is 0 Å². The molecule has 3 rings (SSSR count). The second-order valence-electron chi connectivity index (χ2n) is 7.68. The van der Waals surface area contributed by atoms with Crippen LogP contribution in [0.15, 0.2) is 30.3 Å². The molecular formula is C20H27N3O. The summed E-state index contributed by atoms with van der Waals surface area (Å²) in [7, 11) is 0. The third-order valence-corrected chi connectivity index (χ3v) is 4.59. The average molecular weight is 325 g/mol. The van der Waals surface area contributed by atoms with Crippen molar-refractivity contribution in [2.45, 2.75) is 34.1 Å². The molecule has 0 N–H and O–H groups in total. The number of carbonyl (C=O) groups excluding carboxylic acids is 1. The molecule has 0 spiro atoms. The van der Waals surface area contributed by atoms with Gasteiger partial charge in [0.15, 0.2) is 0 Å². The van der Waals surface area contributed by atoms with Gasteiger partial charge in [-0.05, 0) is 25.5 Å². The van der Waals surface area contributed by atoms with Crippen LogP contribution in [0.5, 0.6) is 0 Å². The highest BCUT2D eigenvalue weighted by Crippen LogP contribution is 2.28. The summed E-state index contributed by atoms with van der Waals surface area (Å²) in [6, 6.07) is 10.5. The number of fused-ring (bicyclic) bond motifs is 1. The van der Waals surface area contributed by atoms with Gasteiger partial charge in [-0.25, -0.2) is 0 Å². The van der Waals surface area contributed by atoms with Crippen molar-refractivity contribution in [3.05, 3.63) is 36.0 Å². The Hall–Kier alpha value is -2.10. The first-order valence-corrected chi connectivity index (χ1v) is 8.77. The Kier molecular flexibility index (Phi) is 4.48. The first-order valence-electron chi connectivity index (χ1n) is 8.77. The number of aromatic nitrogens is 1. The van der Waals surface area contributed by atoms with Crippen molar-refractivity contribution in [3.8, 4) is 0 Å². The van der Waals surface area contributed by atoms with Gasteiger partial charge in [-0.3, -0.25) is 9.78 Å². The second-order valence-corrected chi connectivity index (χ2v) is 7.68. The molecule has 0 unspecified atom stereocenters. The number of aryl methyl sites for hydroxylation is 1. The lowest BCUT2D eigenvalue weighted by Gasteiger charge is -2.29. The van der Waals surface area contributed by atoms with E-state index in [0.29, 0.717) is 0 Å². The summed E-state index contributed by atoms with van der Waals surface area (Å²) in [5.74, 6) is 0.250. The van der Waals surface area contributed by atoms with Gasteiger partial charge in [0.05, 0.1) is 5.52 Å². The van der Waals surface area contributed by atoms with Crippen LogP contribution in [-0.2, 0) is 4.79 Å². The van der Waals surface area contributed by atoms with Crippen LogP contribution in [0.2, 0.25) is 0 Å². The number of anilines is 1. The minimum Gasteiger partial charge on any atom is -0.369 e. The molecule has 4 nitrogen and oxygen atoms in total. The van der Waals surface area contributed by atoms with E-state index in [2.05, 4.69) is 34.1 Å². The van der Waals surface area contributed by atoms with Gasteiger partial charge in [0.2, 0.25) is 5.91 Å².